The Bertz CT molecular complexity index is 737. The Morgan fingerprint density at radius 3 is 2.80 bits per heavy atom. The molecular weight excluding hydrogens is 270 g/mol. The van der Waals surface area contributed by atoms with Crippen molar-refractivity contribution in [3.05, 3.63) is 35.2 Å². The molecule has 0 amide bonds. The highest BCUT2D eigenvalue weighted by Gasteiger charge is 2.28. The summed E-state index contributed by atoms with van der Waals surface area (Å²) in [6.45, 7) is 2.20. The first-order valence-electron chi connectivity index (χ1n) is 7.18. The first-order chi connectivity index (χ1) is 9.63. The lowest BCUT2D eigenvalue weighted by Crippen LogP contribution is -2.00. The van der Waals surface area contributed by atoms with Gasteiger partial charge < -0.3 is 4.55 Å². The highest BCUT2D eigenvalue weighted by molar-refractivity contribution is 7.79. The summed E-state index contributed by atoms with van der Waals surface area (Å²) < 4.78 is 21.6. The van der Waals surface area contributed by atoms with Gasteiger partial charge in [-0.3, -0.25) is 4.98 Å². The summed E-state index contributed by atoms with van der Waals surface area (Å²) in [6, 6.07) is 4.20. The highest BCUT2D eigenvalue weighted by atomic mass is 32.2. The Morgan fingerprint density at radius 2 is 2.10 bits per heavy atom. The minimum Gasteiger partial charge on any atom is -0.302 e. The Hall–Kier alpha value is -1.26. The summed E-state index contributed by atoms with van der Waals surface area (Å²) in [5, 5.41) is 1.93. The second-order valence-corrected chi connectivity index (χ2v) is 7.12. The molecule has 1 aromatic heterocycles. The number of benzene rings is 1. The maximum atomic E-state index is 11.9. The third-order valence-corrected chi connectivity index (χ3v) is 5.30. The van der Waals surface area contributed by atoms with E-state index in [9.17, 15) is 8.76 Å². The van der Waals surface area contributed by atoms with Crippen LogP contribution in [0.15, 0.2) is 23.2 Å². The van der Waals surface area contributed by atoms with Gasteiger partial charge in [-0.05, 0) is 54.9 Å². The van der Waals surface area contributed by atoms with Gasteiger partial charge in [0.25, 0.3) is 0 Å². The monoisotopic (exact) mass is 287 g/mol. The number of hydrogen-bond donors (Lipinski definition) is 1. The predicted molar refractivity (Wildman–Crippen MR) is 79.3 cm³/mol. The van der Waals surface area contributed by atoms with E-state index in [2.05, 4.69) is 18.0 Å². The highest BCUT2D eigenvalue weighted by Crippen LogP contribution is 2.42. The van der Waals surface area contributed by atoms with E-state index in [1.807, 2.05) is 12.3 Å². The second-order valence-electron chi connectivity index (χ2n) is 6.21. The normalized spacial score (nSPS) is 23.0. The van der Waals surface area contributed by atoms with E-state index in [0.29, 0.717) is 16.7 Å². The Morgan fingerprint density at radius 1 is 1.30 bits per heavy atom. The maximum Gasteiger partial charge on any atom is 0.187 e. The molecule has 1 N–H and O–H groups in total. The van der Waals surface area contributed by atoms with Crippen LogP contribution in [0.3, 0.4) is 0 Å². The molecule has 0 radical (unpaired) electrons. The molecule has 1 heterocycles. The van der Waals surface area contributed by atoms with Gasteiger partial charge in [-0.1, -0.05) is 6.92 Å². The van der Waals surface area contributed by atoms with Crippen LogP contribution in [0.2, 0.25) is 0 Å². The molecule has 104 valence electrons. The molecule has 0 saturated heterocycles. The zero-order chi connectivity index (χ0) is 13.9. The van der Waals surface area contributed by atoms with Gasteiger partial charge in [0.15, 0.2) is 11.1 Å². The molecule has 1 aromatic carbocycles. The third kappa shape index (κ3) is 1.90. The van der Waals surface area contributed by atoms with Gasteiger partial charge in [0, 0.05) is 28.6 Å². The van der Waals surface area contributed by atoms with Crippen molar-refractivity contribution < 1.29 is 8.76 Å². The van der Waals surface area contributed by atoms with Crippen molar-refractivity contribution in [3.63, 3.8) is 0 Å². The number of pyridine rings is 1. The van der Waals surface area contributed by atoms with Crippen LogP contribution < -0.4 is 0 Å². The molecule has 0 spiro atoms. The quantitative estimate of drug-likeness (QED) is 0.861. The fourth-order valence-corrected chi connectivity index (χ4v) is 4.17. The molecule has 2 atom stereocenters. The van der Waals surface area contributed by atoms with Crippen LogP contribution in [-0.2, 0) is 23.9 Å². The number of nitrogens with zero attached hydrogens (tertiary/aromatic N) is 1. The van der Waals surface area contributed by atoms with Gasteiger partial charge in [-0.25, -0.2) is 4.21 Å². The molecule has 0 bridgehead atoms. The molecule has 20 heavy (non-hydrogen) atoms. The van der Waals surface area contributed by atoms with Gasteiger partial charge in [0.1, 0.15) is 0 Å². The summed E-state index contributed by atoms with van der Waals surface area (Å²) >= 11 is -1.93. The minimum atomic E-state index is -1.93. The van der Waals surface area contributed by atoms with Gasteiger partial charge in [0.2, 0.25) is 0 Å². The summed E-state index contributed by atoms with van der Waals surface area (Å²) in [6.07, 6.45) is 6.17. The fraction of sp³-hybridized carbons (Fsp3) is 0.438. The van der Waals surface area contributed by atoms with Gasteiger partial charge in [0.05, 0.1) is 4.90 Å². The van der Waals surface area contributed by atoms with Crippen LogP contribution >= 0.6 is 0 Å². The Balaban J connectivity index is 2.01. The molecule has 2 aliphatic carbocycles. The van der Waals surface area contributed by atoms with Crippen LogP contribution in [0.4, 0.5) is 0 Å². The van der Waals surface area contributed by atoms with E-state index in [1.54, 1.807) is 0 Å². The van der Waals surface area contributed by atoms with Crippen molar-refractivity contribution >= 4 is 21.9 Å². The Labute approximate surface area is 120 Å². The van der Waals surface area contributed by atoms with Crippen molar-refractivity contribution in [1.82, 2.24) is 4.98 Å². The molecular formula is C16H17NO2S. The van der Waals surface area contributed by atoms with E-state index in [0.717, 1.165) is 34.9 Å². The molecule has 4 rings (SSSR count). The van der Waals surface area contributed by atoms with E-state index in [-0.39, 0.29) is 0 Å². The molecule has 0 aliphatic heterocycles. The number of rotatable bonds is 2. The third-order valence-electron chi connectivity index (χ3n) is 4.48. The maximum absolute atomic E-state index is 11.9. The smallest absolute Gasteiger partial charge is 0.187 e. The zero-order valence-corrected chi connectivity index (χ0v) is 12.2. The van der Waals surface area contributed by atoms with Crippen LogP contribution in [0.5, 0.6) is 0 Å². The van der Waals surface area contributed by atoms with E-state index in [1.165, 1.54) is 18.4 Å². The first-order valence-corrected chi connectivity index (χ1v) is 8.29. The molecule has 4 heteroatoms. The van der Waals surface area contributed by atoms with Gasteiger partial charge >= 0.3 is 0 Å². The van der Waals surface area contributed by atoms with Gasteiger partial charge in [-0.2, -0.15) is 0 Å². The van der Waals surface area contributed by atoms with Crippen LogP contribution in [0.1, 0.15) is 42.5 Å². The molecule has 1 unspecified atom stereocenters. The average molecular weight is 287 g/mol. The van der Waals surface area contributed by atoms with E-state index >= 15 is 0 Å². The number of aromatic nitrogens is 1. The summed E-state index contributed by atoms with van der Waals surface area (Å²) in [7, 11) is 0. The summed E-state index contributed by atoms with van der Waals surface area (Å²) in [5.41, 5.74) is 3.40. The van der Waals surface area contributed by atoms with Gasteiger partial charge in [-0.15, -0.1) is 0 Å². The fourth-order valence-electron chi connectivity index (χ4n) is 3.38. The number of hydrogen-bond acceptors (Lipinski definition) is 2. The lowest BCUT2D eigenvalue weighted by molar-refractivity contribution is 0.563. The molecule has 2 aliphatic rings. The predicted octanol–water partition coefficient (Wildman–Crippen LogP) is 3.43. The summed E-state index contributed by atoms with van der Waals surface area (Å²) in [4.78, 5) is 5.16. The largest absolute Gasteiger partial charge is 0.302 e. The molecule has 2 aromatic rings. The van der Waals surface area contributed by atoms with Crippen LogP contribution in [0.25, 0.3) is 10.8 Å². The van der Waals surface area contributed by atoms with Crippen molar-refractivity contribution in [1.29, 1.82) is 0 Å². The number of fused-ring (bicyclic) bond motifs is 2. The van der Waals surface area contributed by atoms with Crippen molar-refractivity contribution in [3.8, 4) is 0 Å². The van der Waals surface area contributed by atoms with Crippen molar-refractivity contribution in [2.24, 2.45) is 5.92 Å². The summed E-state index contributed by atoms with van der Waals surface area (Å²) in [5.74, 6) is 1.12. The van der Waals surface area contributed by atoms with E-state index < -0.39 is 11.1 Å². The standard InChI is InChI=1S/C16H17NO2S/c1-9-4-11-6-12-8-17-15(10-2-3-10)7-14(12)16(20(18)19)13(11)5-9/h6-10H,2-5H2,1H3,(H,18,19)/t9-/m1/s1. The lowest BCUT2D eigenvalue weighted by atomic mass is 10.0. The minimum absolute atomic E-state index is 0.556. The van der Waals surface area contributed by atoms with E-state index in [4.69, 9.17) is 0 Å². The zero-order valence-electron chi connectivity index (χ0n) is 11.4. The molecule has 3 nitrogen and oxygen atoms in total. The van der Waals surface area contributed by atoms with Crippen molar-refractivity contribution in [2.75, 3.05) is 0 Å². The van der Waals surface area contributed by atoms with Crippen LogP contribution in [-0.4, -0.2) is 13.7 Å². The topological polar surface area (TPSA) is 50.2 Å². The average Bonchev–Trinajstić information content (AvgIpc) is 3.17. The Kier molecular flexibility index (Phi) is 2.72. The van der Waals surface area contributed by atoms with Crippen LogP contribution in [0, 0.1) is 5.92 Å². The molecule has 1 saturated carbocycles. The second kappa shape index (κ2) is 4.37. The SMILES string of the molecule is C[C@@H]1Cc2cc3cnc(C4CC4)cc3c(S(=O)O)c2C1. The lowest BCUT2D eigenvalue weighted by Gasteiger charge is -2.11. The first kappa shape index (κ1) is 12.5. The van der Waals surface area contributed by atoms with Crippen molar-refractivity contribution in [2.45, 2.75) is 43.4 Å². The molecule has 1 fully saturated rings.